The van der Waals surface area contributed by atoms with Crippen molar-refractivity contribution in [3.8, 4) is 0 Å². The second-order valence-electron chi connectivity index (χ2n) is 7.37. The third kappa shape index (κ3) is 2.99. The number of aryl methyl sites for hydroxylation is 2. The molecule has 0 aromatic heterocycles. The average Bonchev–Trinajstić information content (AvgIpc) is 3.18. The van der Waals surface area contributed by atoms with Crippen molar-refractivity contribution in [2.24, 2.45) is 11.3 Å². The molecule has 1 spiro atoms. The van der Waals surface area contributed by atoms with Crippen LogP contribution in [-0.4, -0.2) is 37.0 Å². The van der Waals surface area contributed by atoms with Gasteiger partial charge in [-0.05, 0) is 43.9 Å². The summed E-state index contributed by atoms with van der Waals surface area (Å²) in [6, 6.07) is 5.95. The van der Waals surface area contributed by atoms with E-state index >= 15 is 0 Å². The molecule has 2 N–H and O–H groups in total. The molecule has 0 unspecified atom stereocenters. The summed E-state index contributed by atoms with van der Waals surface area (Å²) < 4.78 is 0. The van der Waals surface area contributed by atoms with Crippen LogP contribution in [0.2, 0.25) is 0 Å². The van der Waals surface area contributed by atoms with Crippen LogP contribution in [0, 0.1) is 25.2 Å². The minimum Gasteiger partial charge on any atom is -0.359 e. The molecule has 1 saturated heterocycles. The number of hydrogen-bond acceptors (Lipinski definition) is 2. The predicted octanol–water partition coefficient (Wildman–Crippen LogP) is 3.07. The fourth-order valence-corrected chi connectivity index (χ4v) is 4.31. The zero-order chi connectivity index (χ0) is 17.3. The van der Waals surface area contributed by atoms with Crippen molar-refractivity contribution in [3.05, 3.63) is 29.3 Å². The highest BCUT2D eigenvalue weighted by molar-refractivity contribution is 5.91. The Labute approximate surface area is 143 Å². The monoisotopic (exact) mass is 329 g/mol. The Bertz CT molecular complexity index is 650. The Morgan fingerprint density at radius 2 is 1.92 bits per heavy atom. The first-order valence-corrected chi connectivity index (χ1v) is 8.80. The standard InChI is InChI=1S/C19H27N3O2/c1-13-6-7-14(2)16(10-13)21-18(24)22-11-15(17(23)20-3)19(12-22)8-4-5-9-19/h6-7,10,15H,4-5,8-9,11-12H2,1-3H3,(H,20,23)(H,21,24)/t15-/m0/s1. The van der Waals surface area contributed by atoms with E-state index in [-0.39, 0.29) is 23.3 Å². The second kappa shape index (κ2) is 6.46. The van der Waals surface area contributed by atoms with Crippen LogP contribution in [0.25, 0.3) is 0 Å². The van der Waals surface area contributed by atoms with Crippen molar-refractivity contribution >= 4 is 17.6 Å². The minimum atomic E-state index is -0.0959. The van der Waals surface area contributed by atoms with Crippen molar-refractivity contribution < 1.29 is 9.59 Å². The average molecular weight is 329 g/mol. The Kier molecular flexibility index (Phi) is 4.52. The Morgan fingerprint density at radius 3 is 2.58 bits per heavy atom. The van der Waals surface area contributed by atoms with E-state index in [0.29, 0.717) is 13.1 Å². The largest absolute Gasteiger partial charge is 0.359 e. The Hall–Kier alpha value is -2.04. The van der Waals surface area contributed by atoms with Crippen LogP contribution in [0.4, 0.5) is 10.5 Å². The zero-order valence-electron chi connectivity index (χ0n) is 14.8. The molecular weight excluding hydrogens is 302 g/mol. The maximum absolute atomic E-state index is 12.8. The number of likely N-dealkylation sites (tertiary alicyclic amines) is 1. The van der Waals surface area contributed by atoms with Crippen molar-refractivity contribution in [2.75, 3.05) is 25.5 Å². The van der Waals surface area contributed by atoms with Crippen LogP contribution in [0.1, 0.15) is 36.8 Å². The smallest absolute Gasteiger partial charge is 0.321 e. The maximum Gasteiger partial charge on any atom is 0.321 e. The number of amides is 3. The van der Waals surface area contributed by atoms with Gasteiger partial charge in [0.15, 0.2) is 0 Å². The highest BCUT2D eigenvalue weighted by atomic mass is 16.2. The van der Waals surface area contributed by atoms with Gasteiger partial charge in [0.1, 0.15) is 0 Å². The predicted molar refractivity (Wildman–Crippen MR) is 95.0 cm³/mol. The molecule has 0 radical (unpaired) electrons. The van der Waals surface area contributed by atoms with Crippen LogP contribution in [-0.2, 0) is 4.79 Å². The molecule has 5 heteroatoms. The van der Waals surface area contributed by atoms with Gasteiger partial charge in [-0.1, -0.05) is 25.0 Å². The molecule has 1 aliphatic carbocycles. The van der Waals surface area contributed by atoms with E-state index in [0.717, 1.165) is 42.5 Å². The molecular formula is C19H27N3O2. The number of nitrogens with zero attached hydrogens (tertiary/aromatic N) is 1. The summed E-state index contributed by atoms with van der Waals surface area (Å²) >= 11 is 0. The molecule has 3 amide bonds. The van der Waals surface area contributed by atoms with Crippen LogP contribution >= 0.6 is 0 Å². The van der Waals surface area contributed by atoms with Gasteiger partial charge >= 0.3 is 6.03 Å². The lowest BCUT2D eigenvalue weighted by atomic mass is 9.76. The zero-order valence-corrected chi connectivity index (χ0v) is 14.8. The first-order valence-electron chi connectivity index (χ1n) is 8.80. The lowest BCUT2D eigenvalue weighted by molar-refractivity contribution is -0.127. The molecule has 1 aromatic carbocycles. The van der Waals surface area contributed by atoms with Gasteiger partial charge in [-0.25, -0.2) is 4.79 Å². The molecule has 2 fully saturated rings. The van der Waals surface area contributed by atoms with E-state index in [1.54, 1.807) is 7.05 Å². The number of nitrogens with one attached hydrogen (secondary N) is 2. The number of hydrogen-bond donors (Lipinski definition) is 2. The Morgan fingerprint density at radius 1 is 1.21 bits per heavy atom. The summed E-state index contributed by atoms with van der Waals surface area (Å²) in [6.45, 7) is 5.20. The van der Waals surface area contributed by atoms with Crippen LogP contribution in [0.3, 0.4) is 0 Å². The number of anilines is 1. The van der Waals surface area contributed by atoms with Crippen molar-refractivity contribution in [1.29, 1.82) is 0 Å². The topological polar surface area (TPSA) is 61.4 Å². The van der Waals surface area contributed by atoms with Crippen molar-refractivity contribution in [2.45, 2.75) is 39.5 Å². The highest BCUT2D eigenvalue weighted by Gasteiger charge is 2.52. The summed E-state index contributed by atoms with van der Waals surface area (Å²) in [5.74, 6) is -0.0201. The number of rotatable bonds is 2. The highest BCUT2D eigenvalue weighted by Crippen LogP contribution is 2.49. The normalized spacial score (nSPS) is 22.0. The van der Waals surface area contributed by atoms with E-state index in [1.165, 1.54) is 0 Å². The van der Waals surface area contributed by atoms with E-state index in [4.69, 9.17) is 0 Å². The van der Waals surface area contributed by atoms with Crippen LogP contribution in [0.15, 0.2) is 18.2 Å². The number of carbonyl (C=O) groups is 2. The quantitative estimate of drug-likeness (QED) is 0.876. The fourth-order valence-electron chi connectivity index (χ4n) is 4.31. The van der Waals surface area contributed by atoms with Crippen molar-refractivity contribution in [3.63, 3.8) is 0 Å². The Balaban J connectivity index is 1.76. The van der Waals surface area contributed by atoms with E-state index < -0.39 is 0 Å². The summed E-state index contributed by atoms with van der Waals surface area (Å²) in [6.07, 6.45) is 4.39. The summed E-state index contributed by atoms with van der Waals surface area (Å²) in [4.78, 5) is 26.9. The fraction of sp³-hybridized carbons (Fsp3) is 0.579. The van der Waals surface area contributed by atoms with E-state index in [2.05, 4.69) is 10.6 Å². The van der Waals surface area contributed by atoms with Crippen molar-refractivity contribution in [1.82, 2.24) is 10.2 Å². The minimum absolute atomic E-state index is 0.0287. The third-order valence-electron chi connectivity index (χ3n) is 5.73. The van der Waals surface area contributed by atoms with Gasteiger partial charge in [0.25, 0.3) is 0 Å². The summed E-state index contributed by atoms with van der Waals surface area (Å²) in [7, 11) is 1.68. The second-order valence-corrected chi connectivity index (χ2v) is 7.37. The molecule has 1 atom stereocenters. The van der Waals surface area contributed by atoms with Gasteiger partial charge in [0.05, 0.1) is 5.92 Å². The van der Waals surface area contributed by atoms with E-state index in [9.17, 15) is 9.59 Å². The molecule has 1 aromatic rings. The number of benzene rings is 1. The summed E-state index contributed by atoms with van der Waals surface area (Å²) in [5.41, 5.74) is 2.99. The first kappa shape index (κ1) is 16.8. The first-order chi connectivity index (χ1) is 11.4. The number of carbonyl (C=O) groups excluding carboxylic acids is 2. The van der Waals surface area contributed by atoms with Gasteiger partial charge < -0.3 is 15.5 Å². The molecule has 5 nitrogen and oxygen atoms in total. The molecule has 130 valence electrons. The van der Waals surface area contributed by atoms with Gasteiger partial charge in [-0.2, -0.15) is 0 Å². The molecule has 1 aliphatic heterocycles. The van der Waals surface area contributed by atoms with E-state index in [1.807, 2.05) is 36.9 Å². The molecule has 3 rings (SSSR count). The van der Waals surface area contributed by atoms with Crippen LogP contribution < -0.4 is 10.6 Å². The number of urea groups is 1. The molecule has 1 heterocycles. The lowest BCUT2D eigenvalue weighted by Crippen LogP contribution is -2.38. The molecule has 1 saturated carbocycles. The molecule has 0 bridgehead atoms. The lowest BCUT2D eigenvalue weighted by Gasteiger charge is -2.28. The molecule has 2 aliphatic rings. The van der Waals surface area contributed by atoms with Gasteiger partial charge in [0.2, 0.25) is 5.91 Å². The summed E-state index contributed by atoms with van der Waals surface area (Å²) in [5, 5.41) is 5.82. The SMILES string of the molecule is CNC(=O)[C@@H]1CN(C(=O)Nc2cc(C)ccc2C)CC12CCCC2. The maximum atomic E-state index is 12.8. The molecule has 24 heavy (non-hydrogen) atoms. The van der Waals surface area contributed by atoms with Crippen LogP contribution in [0.5, 0.6) is 0 Å². The van der Waals surface area contributed by atoms with Gasteiger partial charge in [0, 0.05) is 31.2 Å². The van der Waals surface area contributed by atoms with Gasteiger partial charge in [-0.15, -0.1) is 0 Å². The third-order valence-corrected chi connectivity index (χ3v) is 5.73. The van der Waals surface area contributed by atoms with Gasteiger partial charge in [-0.3, -0.25) is 4.79 Å².